The monoisotopic (exact) mass is 365 g/mol. The summed E-state index contributed by atoms with van der Waals surface area (Å²) in [4.78, 5) is 9.40. The molecule has 27 heavy (non-hydrogen) atoms. The van der Waals surface area contributed by atoms with Crippen LogP contribution in [0.15, 0.2) is 48.5 Å². The summed E-state index contributed by atoms with van der Waals surface area (Å²) in [6, 6.07) is 14.9. The standard InChI is InChI=1S/C21H24FN5/c1-16-23-21(27(24-16)20-5-3-4-19(22)14-20)18-8-6-17(7-9-18)15-26-12-10-25(2)11-13-26/h3-9,14H,10-13,15H2,1-2H3. The molecule has 0 atom stereocenters. The van der Waals surface area contributed by atoms with Gasteiger partial charge in [0.25, 0.3) is 0 Å². The average Bonchev–Trinajstić information content (AvgIpc) is 3.06. The maximum Gasteiger partial charge on any atom is 0.163 e. The fourth-order valence-corrected chi connectivity index (χ4v) is 3.41. The Balaban J connectivity index is 1.56. The van der Waals surface area contributed by atoms with Crippen molar-refractivity contribution in [3.05, 3.63) is 65.7 Å². The number of benzene rings is 2. The molecule has 5 nitrogen and oxygen atoms in total. The number of hydrogen-bond acceptors (Lipinski definition) is 4. The first-order valence-corrected chi connectivity index (χ1v) is 9.28. The molecule has 0 saturated carbocycles. The van der Waals surface area contributed by atoms with Gasteiger partial charge >= 0.3 is 0 Å². The van der Waals surface area contributed by atoms with Crippen LogP contribution in [0.5, 0.6) is 0 Å². The van der Waals surface area contributed by atoms with Gasteiger partial charge in [0.05, 0.1) is 5.69 Å². The van der Waals surface area contributed by atoms with Gasteiger partial charge in [0.1, 0.15) is 11.6 Å². The minimum absolute atomic E-state index is 0.283. The number of piperazine rings is 1. The second-order valence-corrected chi connectivity index (χ2v) is 7.15. The molecule has 2 aromatic carbocycles. The van der Waals surface area contributed by atoms with E-state index in [1.165, 1.54) is 17.7 Å². The highest BCUT2D eigenvalue weighted by Crippen LogP contribution is 2.22. The summed E-state index contributed by atoms with van der Waals surface area (Å²) in [5.41, 5.74) is 2.94. The fraction of sp³-hybridized carbons (Fsp3) is 0.333. The second kappa shape index (κ2) is 7.58. The molecule has 0 amide bonds. The third kappa shape index (κ3) is 4.07. The molecule has 1 aliphatic rings. The van der Waals surface area contributed by atoms with Crippen molar-refractivity contribution < 1.29 is 4.39 Å². The summed E-state index contributed by atoms with van der Waals surface area (Å²) in [5.74, 6) is 1.11. The van der Waals surface area contributed by atoms with E-state index in [0.717, 1.165) is 44.1 Å². The predicted molar refractivity (Wildman–Crippen MR) is 104 cm³/mol. The Morgan fingerprint density at radius 1 is 1.00 bits per heavy atom. The molecule has 0 N–H and O–H groups in total. The molecule has 140 valence electrons. The van der Waals surface area contributed by atoms with Gasteiger partial charge in [-0.05, 0) is 37.7 Å². The summed E-state index contributed by atoms with van der Waals surface area (Å²) < 4.78 is 15.3. The highest BCUT2D eigenvalue weighted by atomic mass is 19.1. The van der Waals surface area contributed by atoms with Crippen LogP contribution in [-0.4, -0.2) is 57.8 Å². The van der Waals surface area contributed by atoms with Crippen molar-refractivity contribution in [1.29, 1.82) is 0 Å². The maximum atomic E-state index is 13.6. The van der Waals surface area contributed by atoms with E-state index in [1.54, 1.807) is 10.7 Å². The number of hydrogen-bond donors (Lipinski definition) is 0. The number of aryl methyl sites for hydroxylation is 1. The first kappa shape index (κ1) is 17.8. The normalized spacial score (nSPS) is 16.0. The zero-order chi connectivity index (χ0) is 18.8. The molecular weight excluding hydrogens is 341 g/mol. The Bertz CT molecular complexity index is 911. The van der Waals surface area contributed by atoms with Crippen molar-refractivity contribution in [2.45, 2.75) is 13.5 Å². The Kier molecular flexibility index (Phi) is 5.01. The molecule has 4 rings (SSSR count). The van der Waals surface area contributed by atoms with Crippen molar-refractivity contribution in [2.24, 2.45) is 0 Å². The molecule has 6 heteroatoms. The first-order chi connectivity index (χ1) is 13.1. The van der Waals surface area contributed by atoms with Gasteiger partial charge in [0.2, 0.25) is 0 Å². The van der Waals surface area contributed by atoms with Crippen LogP contribution in [0.25, 0.3) is 17.1 Å². The van der Waals surface area contributed by atoms with Gasteiger partial charge in [0.15, 0.2) is 5.82 Å². The van der Waals surface area contributed by atoms with E-state index in [-0.39, 0.29) is 5.82 Å². The van der Waals surface area contributed by atoms with Gasteiger partial charge in [0, 0.05) is 38.3 Å². The molecule has 1 fully saturated rings. The number of nitrogens with zero attached hydrogens (tertiary/aromatic N) is 5. The van der Waals surface area contributed by atoms with E-state index in [1.807, 2.05) is 13.0 Å². The average molecular weight is 365 g/mol. The molecule has 3 aromatic rings. The lowest BCUT2D eigenvalue weighted by atomic mass is 10.1. The first-order valence-electron chi connectivity index (χ1n) is 9.28. The second-order valence-electron chi connectivity index (χ2n) is 7.15. The quantitative estimate of drug-likeness (QED) is 0.712. The van der Waals surface area contributed by atoms with Crippen molar-refractivity contribution in [3.63, 3.8) is 0 Å². The van der Waals surface area contributed by atoms with E-state index in [9.17, 15) is 4.39 Å². The van der Waals surface area contributed by atoms with Crippen LogP contribution in [0.4, 0.5) is 4.39 Å². The van der Waals surface area contributed by atoms with Crippen molar-refractivity contribution in [2.75, 3.05) is 33.2 Å². The number of halogens is 1. The Morgan fingerprint density at radius 3 is 2.44 bits per heavy atom. The highest BCUT2D eigenvalue weighted by molar-refractivity contribution is 5.58. The zero-order valence-corrected chi connectivity index (χ0v) is 15.8. The van der Waals surface area contributed by atoms with Crippen LogP contribution >= 0.6 is 0 Å². The van der Waals surface area contributed by atoms with Crippen LogP contribution < -0.4 is 0 Å². The van der Waals surface area contributed by atoms with Crippen LogP contribution in [0.3, 0.4) is 0 Å². The molecule has 0 spiro atoms. The van der Waals surface area contributed by atoms with Crippen molar-refractivity contribution in [3.8, 4) is 17.1 Å². The summed E-state index contributed by atoms with van der Waals surface area (Å²) in [5, 5.41) is 4.45. The lowest BCUT2D eigenvalue weighted by molar-refractivity contribution is 0.148. The fourth-order valence-electron chi connectivity index (χ4n) is 3.41. The lowest BCUT2D eigenvalue weighted by Crippen LogP contribution is -2.43. The molecule has 1 saturated heterocycles. The SMILES string of the molecule is Cc1nc(-c2ccc(CN3CCN(C)CC3)cc2)n(-c2cccc(F)c2)n1. The molecule has 2 heterocycles. The molecule has 0 aliphatic carbocycles. The topological polar surface area (TPSA) is 37.2 Å². The van der Waals surface area contributed by atoms with Gasteiger partial charge in [-0.25, -0.2) is 14.1 Å². The summed E-state index contributed by atoms with van der Waals surface area (Å²) in [6.45, 7) is 7.25. The summed E-state index contributed by atoms with van der Waals surface area (Å²) in [7, 11) is 2.17. The number of aromatic nitrogens is 3. The third-order valence-corrected chi connectivity index (χ3v) is 4.98. The molecular formula is C21H24FN5. The van der Waals surface area contributed by atoms with Crippen molar-refractivity contribution >= 4 is 0 Å². The summed E-state index contributed by atoms with van der Waals surface area (Å²) in [6.07, 6.45) is 0. The van der Waals surface area contributed by atoms with Gasteiger partial charge in [-0.1, -0.05) is 30.3 Å². The molecule has 0 bridgehead atoms. The van der Waals surface area contributed by atoms with E-state index >= 15 is 0 Å². The number of likely N-dealkylation sites (N-methyl/N-ethyl adjacent to an activating group) is 1. The third-order valence-electron chi connectivity index (χ3n) is 4.98. The van der Waals surface area contributed by atoms with E-state index in [4.69, 9.17) is 0 Å². The molecule has 1 aliphatic heterocycles. The van der Waals surface area contributed by atoms with Gasteiger partial charge in [-0.15, -0.1) is 0 Å². The summed E-state index contributed by atoms with van der Waals surface area (Å²) >= 11 is 0. The minimum Gasteiger partial charge on any atom is -0.304 e. The molecule has 0 unspecified atom stereocenters. The molecule has 0 radical (unpaired) electrons. The van der Waals surface area contributed by atoms with Crippen LogP contribution in [0.2, 0.25) is 0 Å². The minimum atomic E-state index is -0.283. The van der Waals surface area contributed by atoms with Crippen LogP contribution in [0, 0.1) is 12.7 Å². The Morgan fingerprint density at radius 2 is 1.74 bits per heavy atom. The number of rotatable bonds is 4. The smallest absolute Gasteiger partial charge is 0.163 e. The zero-order valence-electron chi connectivity index (χ0n) is 15.8. The predicted octanol–water partition coefficient (Wildman–Crippen LogP) is 3.13. The van der Waals surface area contributed by atoms with Gasteiger partial charge in [-0.2, -0.15) is 5.10 Å². The maximum absolute atomic E-state index is 13.6. The van der Waals surface area contributed by atoms with Crippen molar-refractivity contribution in [1.82, 2.24) is 24.6 Å². The van der Waals surface area contributed by atoms with Gasteiger partial charge in [-0.3, -0.25) is 4.90 Å². The highest BCUT2D eigenvalue weighted by Gasteiger charge is 2.15. The van der Waals surface area contributed by atoms with Crippen LogP contribution in [-0.2, 0) is 6.54 Å². The van der Waals surface area contributed by atoms with E-state index in [0.29, 0.717) is 11.5 Å². The largest absolute Gasteiger partial charge is 0.304 e. The van der Waals surface area contributed by atoms with Gasteiger partial charge < -0.3 is 4.90 Å². The van der Waals surface area contributed by atoms with E-state index in [2.05, 4.69) is 51.2 Å². The Hall–Kier alpha value is -2.57. The van der Waals surface area contributed by atoms with Crippen LogP contribution in [0.1, 0.15) is 11.4 Å². The Labute approximate surface area is 159 Å². The lowest BCUT2D eigenvalue weighted by Gasteiger charge is -2.32. The van der Waals surface area contributed by atoms with E-state index < -0.39 is 0 Å². The molecule has 1 aromatic heterocycles.